The van der Waals surface area contributed by atoms with Crippen molar-refractivity contribution in [3.05, 3.63) is 60.7 Å². The van der Waals surface area contributed by atoms with Crippen molar-refractivity contribution in [2.75, 3.05) is 41.4 Å². The van der Waals surface area contributed by atoms with Crippen molar-refractivity contribution in [3.8, 4) is 0 Å². The quantitative estimate of drug-likeness (QED) is 0.0406. The second kappa shape index (κ2) is 26.3. The number of unbranched alkanes of at least 4 members (excludes halogenated alkanes) is 15. The van der Waals surface area contributed by atoms with Gasteiger partial charge in [-0.2, -0.15) is 0 Å². The molecule has 308 valence electrons. The first-order valence-electron chi connectivity index (χ1n) is 21.3. The van der Waals surface area contributed by atoms with Crippen molar-refractivity contribution in [1.82, 2.24) is 0 Å². The standard InChI is InChI=1S/C42H80NO6Si5/c1-11-12-13-14-15-16-17-18-19-20-21-22-23-24-25-32-38-43(2,3)39-33-40-53(44-4,47-51(7,8)41-34-28-26-29-35-41)49-54(45-5,46-50-6)48-52(9,10)42-36-30-27-31-37-42/h26-31,34-37H,11-25,32-33,38-40H2,1-10H3/q+1. The molecule has 2 rings (SSSR count). The predicted molar refractivity (Wildman–Crippen MR) is 239 cm³/mol. The fourth-order valence-corrected chi connectivity index (χ4v) is 23.7. The molecule has 7 nitrogen and oxygen atoms in total. The molecule has 2 aromatic carbocycles. The van der Waals surface area contributed by atoms with Crippen molar-refractivity contribution in [2.45, 2.75) is 155 Å². The van der Waals surface area contributed by atoms with Gasteiger partial charge in [-0.15, -0.1) is 0 Å². The number of nitrogens with zero attached hydrogens (tertiary/aromatic N) is 1. The van der Waals surface area contributed by atoms with Crippen LogP contribution in [0.5, 0.6) is 0 Å². The van der Waals surface area contributed by atoms with Crippen LogP contribution >= 0.6 is 0 Å². The molecule has 0 spiro atoms. The molecule has 0 aliphatic rings. The molecule has 0 fully saturated rings. The third kappa shape index (κ3) is 19.1. The van der Waals surface area contributed by atoms with Crippen LogP contribution in [0, 0.1) is 0 Å². The van der Waals surface area contributed by atoms with Gasteiger partial charge in [-0.1, -0.05) is 157 Å². The normalized spacial score (nSPS) is 14.9. The van der Waals surface area contributed by atoms with E-state index in [2.05, 4.69) is 95.7 Å². The molecule has 2 unspecified atom stereocenters. The Labute approximate surface area is 339 Å². The van der Waals surface area contributed by atoms with E-state index in [1.165, 1.54) is 114 Å². The van der Waals surface area contributed by atoms with E-state index in [9.17, 15) is 0 Å². The van der Waals surface area contributed by atoms with E-state index in [1.807, 2.05) is 18.7 Å². The minimum Gasteiger partial charge on any atom is -0.412 e. The van der Waals surface area contributed by atoms with Gasteiger partial charge in [-0.05, 0) is 56.0 Å². The zero-order chi connectivity index (χ0) is 39.8. The molecule has 0 N–H and O–H groups in total. The van der Waals surface area contributed by atoms with E-state index >= 15 is 0 Å². The van der Waals surface area contributed by atoms with Gasteiger partial charge in [0.05, 0.1) is 27.2 Å². The van der Waals surface area contributed by atoms with E-state index in [0.717, 1.165) is 22.6 Å². The lowest BCUT2D eigenvalue weighted by Crippen LogP contribution is -2.67. The molecule has 0 aliphatic carbocycles. The first-order valence-corrected chi connectivity index (χ1v) is 32.1. The van der Waals surface area contributed by atoms with Gasteiger partial charge in [0.15, 0.2) is 0 Å². The molecular formula is C42H80NO6Si5+. The minimum absolute atomic E-state index is 0.127. The maximum atomic E-state index is 7.23. The smallest absolute Gasteiger partial charge is 0.412 e. The summed E-state index contributed by atoms with van der Waals surface area (Å²) >= 11 is 0. The van der Waals surface area contributed by atoms with Crippen LogP contribution in [0.1, 0.15) is 116 Å². The van der Waals surface area contributed by atoms with Crippen molar-refractivity contribution in [3.63, 3.8) is 0 Å². The average Bonchev–Trinajstić information content (AvgIpc) is 3.15. The molecule has 0 saturated carbocycles. The van der Waals surface area contributed by atoms with E-state index in [4.69, 9.17) is 25.3 Å². The first-order chi connectivity index (χ1) is 25.8. The molecule has 0 aliphatic heterocycles. The highest BCUT2D eigenvalue weighted by atomic mass is 28.5. The maximum absolute atomic E-state index is 7.23. The Morgan fingerprint density at radius 3 is 1.33 bits per heavy atom. The van der Waals surface area contributed by atoms with Gasteiger partial charge in [0.2, 0.25) is 26.4 Å². The van der Waals surface area contributed by atoms with Crippen LogP contribution in [0.4, 0.5) is 0 Å². The molecule has 2 atom stereocenters. The fraction of sp³-hybridized carbons (Fsp3) is 0.714. The van der Waals surface area contributed by atoms with Crippen LogP contribution in [0.25, 0.3) is 0 Å². The van der Waals surface area contributed by atoms with Crippen molar-refractivity contribution >= 4 is 54.6 Å². The van der Waals surface area contributed by atoms with E-state index in [0.29, 0.717) is 6.04 Å². The molecule has 12 heteroatoms. The summed E-state index contributed by atoms with van der Waals surface area (Å²) in [5, 5.41) is 2.35. The van der Waals surface area contributed by atoms with Gasteiger partial charge in [-0.25, -0.2) is 0 Å². The fourth-order valence-electron chi connectivity index (χ4n) is 7.23. The molecule has 0 aromatic heterocycles. The van der Waals surface area contributed by atoms with Crippen LogP contribution in [0.3, 0.4) is 0 Å². The molecule has 2 radical (unpaired) electrons. The summed E-state index contributed by atoms with van der Waals surface area (Å²) in [5.74, 6) is 0. The summed E-state index contributed by atoms with van der Waals surface area (Å²) in [4.78, 5) is 0. The Morgan fingerprint density at radius 2 is 0.926 bits per heavy atom. The van der Waals surface area contributed by atoms with Crippen molar-refractivity contribution in [2.24, 2.45) is 0 Å². The second-order valence-corrected chi connectivity index (χ2v) is 31.3. The van der Waals surface area contributed by atoms with Crippen LogP contribution in [0.2, 0.25) is 38.8 Å². The van der Waals surface area contributed by atoms with Crippen molar-refractivity contribution in [1.29, 1.82) is 0 Å². The third-order valence-electron chi connectivity index (χ3n) is 10.7. The number of hydrogen-bond acceptors (Lipinski definition) is 6. The minimum atomic E-state index is -3.69. The lowest BCUT2D eigenvalue weighted by atomic mass is 10.0. The molecule has 0 heterocycles. The highest BCUT2D eigenvalue weighted by molar-refractivity contribution is 6.93. The highest BCUT2D eigenvalue weighted by Gasteiger charge is 2.59. The Hall–Kier alpha value is -0.756. The number of quaternary nitrogens is 1. The Balaban J connectivity index is 1.97. The summed E-state index contributed by atoms with van der Waals surface area (Å²) < 4.78 is 41.4. The monoisotopic (exact) mass is 834 g/mol. The second-order valence-electron chi connectivity index (χ2n) is 16.7. The summed E-state index contributed by atoms with van der Waals surface area (Å²) in [6, 6.07) is 21.6. The summed E-state index contributed by atoms with van der Waals surface area (Å²) in [6.45, 7) is 15.3. The van der Waals surface area contributed by atoms with Crippen LogP contribution in [0.15, 0.2) is 60.7 Å². The van der Waals surface area contributed by atoms with Gasteiger partial charge in [-0.3, -0.25) is 0 Å². The van der Waals surface area contributed by atoms with Gasteiger partial charge in [0.25, 0.3) is 0 Å². The zero-order valence-electron chi connectivity index (χ0n) is 36.3. The van der Waals surface area contributed by atoms with Gasteiger partial charge < -0.3 is 29.8 Å². The van der Waals surface area contributed by atoms with E-state index in [-0.39, 0.29) is 9.76 Å². The molecule has 0 bridgehead atoms. The summed E-state index contributed by atoms with van der Waals surface area (Å²) in [7, 11) is -3.83. The Bertz CT molecular complexity index is 1230. The topological polar surface area (TPSA) is 55.4 Å². The first kappa shape index (κ1) is 49.4. The summed E-state index contributed by atoms with van der Waals surface area (Å²) in [5.41, 5.74) is 0. The van der Waals surface area contributed by atoms with E-state index < -0.39 is 34.5 Å². The molecule has 54 heavy (non-hydrogen) atoms. The van der Waals surface area contributed by atoms with Crippen LogP contribution < -0.4 is 10.4 Å². The Morgan fingerprint density at radius 1 is 0.519 bits per heavy atom. The average molecular weight is 836 g/mol. The number of hydrogen-bond donors (Lipinski definition) is 0. The largest absolute Gasteiger partial charge is 0.650 e. The van der Waals surface area contributed by atoms with E-state index in [1.54, 1.807) is 14.2 Å². The molecule has 2 aromatic rings. The summed E-state index contributed by atoms with van der Waals surface area (Å²) in [6.07, 6.45) is 23.2. The lowest BCUT2D eigenvalue weighted by molar-refractivity contribution is -0.890. The van der Waals surface area contributed by atoms with Crippen LogP contribution in [-0.4, -0.2) is 90.1 Å². The number of benzene rings is 2. The molecule has 0 saturated heterocycles. The predicted octanol–water partition coefficient (Wildman–Crippen LogP) is 10.3. The van der Waals surface area contributed by atoms with Crippen molar-refractivity contribution < 1.29 is 29.8 Å². The van der Waals surface area contributed by atoms with Gasteiger partial charge >= 0.3 is 17.9 Å². The molecule has 0 amide bonds. The molecular weight excluding hydrogens is 755 g/mol. The lowest BCUT2D eigenvalue weighted by Gasteiger charge is -2.42. The van der Waals surface area contributed by atoms with Gasteiger partial charge in [0.1, 0.15) is 0 Å². The van der Waals surface area contributed by atoms with Crippen LogP contribution in [-0.2, 0) is 25.3 Å². The number of rotatable bonds is 33. The van der Waals surface area contributed by atoms with Gasteiger partial charge in [0, 0.05) is 26.7 Å². The Kier molecular flexibility index (Phi) is 24.0. The SMILES string of the molecule is CCCCCCCCCCCCCCCCCC[N+](C)(C)CCC[Si](OC)(O[Si](OC)(O[Si]C)O[Si](C)(C)c1ccccc1)O[Si](C)(C)c1ccccc1. The zero-order valence-corrected chi connectivity index (χ0v) is 41.3. The third-order valence-corrected chi connectivity index (χ3v) is 26.6. The maximum Gasteiger partial charge on any atom is 0.650 e. The highest BCUT2D eigenvalue weighted by Crippen LogP contribution is 2.30.